The third kappa shape index (κ3) is 8.83. The van der Waals surface area contributed by atoms with Crippen LogP contribution in [0.3, 0.4) is 0 Å². The van der Waals surface area contributed by atoms with Gasteiger partial charge in [-0.3, -0.25) is 9.89 Å². The molecule has 0 rings (SSSR count). The molecule has 0 saturated heterocycles. The fourth-order valence-corrected chi connectivity index (χ4v) is 2.63. The molecule has 0 unspecified atom stereocenters. The van der Waals surface area contributed by atoms with Crippen molar-refractivity contribution < 1.29 is 0 Å². The van der Waals surface area contributed by atoms with Gasteiger partial charge in [0.05, 0.1) is 17.1 Å². The molecule has 5 heteroatoms. The zero-order valence-corrected chi connectivity index (χ0v) is 19.5. The predicted molar refractivity (Wildman–Crippen MR) is 133 cm³/mol. The number of hydrogen-bond donors (Lipinski definition) is 2. The van der Waals surface area contributed by atoms with Crippen molar-refractivity contribution in [2.24, 2.45) is 9.98 Å². The fraction of sp³-hybridized carbons (Fsp3) is 0.360. The molecule has 0 aliphatic carbocycles. The summed E-state index contributed by atoms with van der Waals surface area (Å²) in [5.41, 5.74) is 5.20. The second kappa shape index (κ2) is 13.8. The Hall–Kier alpha value is -3.26. The SMILES string of the molecule is C#C/C=C(C)\C=C(/C)CCNC(=C)/C(CC)=N/C(=C)N(C(=C)C(=C)NC)C(C)=NC. The lowest BCUT2D eigenvalue weighted by molar-refractivity contribution is 0.619. The van der Waals surface area contributed by atoms with E-state index in [9.17, 15) is 0 Å². The van der Waals surface area contributed by atoms with Gasteiger partial charge in [0, 0.05) is 26.3 Å². The third-order valence-corrected chi connectivity index (χ3v) is 4.42. The van der Waals surface area contributed by atoms with E-state index in [4.69, 9.17) is 11.4 Å². The minimum absolute atomic E-state index is 0.505. The lowest BCUT2D eigenvalue weighted by Gasteiger charge is -2.27. The number of allylic oxidation sites excluding steroid dienone is 4. The number of nitrogens with one attached hydrogen (secondary N) is 2. The zero-order chi connectivity index (χ0) is 23.3. The molecule has 2 N–H and O–H groups in total. The van der Waals surface area contributed by atoms with Gasteiger partial charge in [-0.05, 0) is 45.3 Å². The average Bonchev–Trinajstić information content (AvgIpc) is 2.70. The van der Waals surface area contributed by atoms with Crippen molar-refractivity contribution in [2.75, 3.05) is 20.6 Å². The largest absolute Gasteiger partial charge is 0.387 e. The normalized spacial score (nSPS) is 12.7. The van der Waals surface area contributed by atoms with Gasteiger partial charge >= 0.3 is 0 Å². The van der Waals surface area contributed by atoms with Crippen LogP contribution in [0.4, 0.5) is 0 Å². The van der Waals surface area contributed by atoms with E-state index >= 15 is 0 Å². The van der Waals surface area contributed by atoms with E-state index < -0.39 is 0 Å². The van der Waals surface area contributed by atoms with Crippen molar-refractivity contribution in [2.45, 2.75) is 40.5 Å². The van der Waals surface area contributed by atoms with Crippen molar-refractivity contribution >= 4 is 11.5 Å². The van der Waals surface area contributed by atoms with Gasteiger partial charge < -0.3 is 10.6 Å². The third-order valence-electron chi connectivity index (χ3n) is 4.42. The van der Waals surface area contributed by atoms with Crippen molar-refractivity contribution in [1.29, 1.82) is 0 Å². The summed E-state index contributed by atoms with van der Waals surface area (Å²) < 4.78 is 0. The molecule has 0 aromatic heterocycles. The highest BCUT2D eigenvalue weighted by molar-refractivity contribution is 5.99. The number of hydrogen-bond acceptors (Lipinski definition) is 4. The summed E-state index contributed by atoms with van der Waals surface area (Å²) in [6.07, 6.45) is 10.7. The van der Waals surface area contributed by atoms with Crippen LogP contribution in [0.5, 0.6) is 0 Å². The molecule has 0 aromatic carbocycles. The average molecular weight is 408 g/mol. The first-order valence-corrected chi connectivity index (χ1v) is 9.91. The van der Waals surface area contributed by atoms with Crippen LogP contribution in [-0.4, -0.2) is 37.1 Å². The summed E-state index contributed by atoms with van der Waals surface area (Å²) in [5.74, 6) is 3.76. The van der Waals surface area contributed by atoms with Crippen LogP contribution in [0, 0.1) is 12.3 Å². The molecule has 0 radical (unpaired) electrons. The lowest BCUT2D eigenvalue weighted by Crippen LogP contribution is -2.30. The topological polar surface area (TPSA) is 52.0 Å². The molecule has 30 heavy (non-hydrogen) atoms. The van der Waals surface area contributed by atoms with Crippen LogP contribution in [0.1, 0.15) is 40.5 Å². The van der Waals surface area contributed by atoms with Gasteiger partial charge in [-0.25, -0.2) is 4.99 Å². The van der Waals surface area contributed by atoms with Crippen LogP contribution >= 0.6 is 0 Å². The van der Waals surface area contributed by atoms with E-state index in [1.807, 2.05) is 20.8 Å². The highest BCUT2D eigenvalue weighted by Gasteiger charge is 2.17. The van der Waals surface area contributed by atoms with Gasteiger partial charge in [0.25, 0.3) is 0 Å². The molecule has 0 aliphatic rings. The number of nitrogens with zero attached hydrogens (tertiary/aromatic N) is 3. The maximum absolute atomic E-state index is 5.30. The minimum Gasteiger partial charge on any atom is -0.387 e. The molecular weight excluding hydrogens is 370 g/mol. The summed E-state index contributed by atoms with van der Waals surface area (Å²) >= 11 is 0. The van der Waals surface area contributed by atoms with E-state index in [1.54, 1.807) is 25.1 Å². The van der Waals surface area contributed by atoms with Crippen molar-refractivity contribution in [3.63, 3.8) is 0 Å². The Morgan fingerprint density at radius 3 is 2.27 bits per heavy atom. The second-order valence-corrected chi connectivity index (χ2v) is 6.81. The van der Waals surface area contributed by atoms with E-state index in [0.717, 1.165) is 35.8 Å². The smallest absolute Gasteiger partial charge is 0.131 e. The zero-order valence-electron chi connectivity index (χ0n) is 19.5. The summed E-state index contributed by atoms with van der Waals surface area (Å²) in [6, 6.07) is 0. The van der Waals surface area contributed by atoms with Gasteiger partial charge in [0.15, 0.2) is 0 Å². The van der Waals surface area contributed by atoms with E-state index in [-0.39, 0.29) is 0 Å². The predicted octanol–water partition coefficient (Wildman–Crippen LogP) is 4.92. The van der Waals surface area contributed by atoms with Crippen LogP contribution in [0.15, 0.2) is 82.5 Å². The standard InChI is InChI=1S/C25H37N5/c1-12-14-18(3)17-19(4)15-16-28-21(6)25(13-2)29-24(9)30(23(8)27-11)22(7)20(5)26-10/h1,14,17,26,28H,5-7,9,13,15-16H2,2-4,8,10-11H3/b18-14-,19-17+,27-23?,29-25+. The van der Waals surface area contributed by atoms with Crippen LogP contribution < -0.4 is 10.6 Å². The van der Waals surface area contributed by atoms with Crippen LogP contribution in [0.2, 0.25) is 0 Å². The molecule has 0 aliphatic heterocycles. The van der Waals surface area contributed by atoms with Crippen molar-refractivity contribution in [1.82, 2.24) is 15.5 Å². The quantitative estimate of drug-likeness (QED) is 0.209. The summed E-state index contributed by atoms with van der Waals surface area (Å²) in [4.78, 5) is 10.7. The van der Waals surface area contributed by atoms with E-state index in [1.165, 1.54) is 5.57 Å². The highest BCUT2D eigenvalue weighted by Crippen LogP contribution is 2.18. The monoisotopic (exact) mass is 407 g/mol. The first-order chi connectivity index (χ1) is 14.1. The van der Waals surface area contributed by atoms with Crippen molar-refractivity contribution in [3.05, 3.63) is 72.5 Å². The Balaban J connectivity index is 5.32. The first kappa shape index (κ1) is 26.7. The maximum Gasteiger partial charge on any atom is 0.131 e. The van der Waals surface area contributed by atoms with Crippen molar-refractivity contribution in [3.8, 4) is 12.3 Å². The molecule has 0 amide bonds. The summed E-state index contributed by atoms with van der Waals surface area (Å²) in [6.45, 7) is 25.1. The van der Waals surface area contributed by atoms with Gasteiger partial charge in [0.2, 0.25) is 0 Å². The number of rotatable bonds is 12. The fourth-order valence-electron chi connectivity index (χ4n) is 2.63. The highest BCUT2D eigenvalue weighted by atomic mass is 15.3. The minimum atomic E-state index is 0.505. The molecule has 0 fully saturated rings. The second-order valence-electron chi connectivity index (χ2n) is 6.81. The molecule has 0 heterocycles. The maximum atomic E-state index is 5.30. The Bertz CT molecular complexity index is 828. The van der Waals surface area contributed by atoms with E-state index in [0.29, 0.717) is 23.6 Å². The Labute approximate surface area is 183 Å². The number of aliphatic imine (C=N–C) groups is 2. The number of terminal acetylenes is 1. The molecule has 0 bridgehead atoms. The van der Waals surface area contributed by atoms with Gasteiger partial charge in [-0.15, -0.1) is 6.42 Å². The molecule has 0 atom stereocenters. The Morgan fingerprint density at radius 1 is 1.13 bits per heavy atom. The molecule has 0 aromatic rings. The molecular formula is C25H37N5. The van der Waals surface area contributed by atoms with Gasteiger partial charge in [-0.2, -0.15) is 0 Å². The summed E-state index contributed by atoms with van der Waals surface area (Å²) in [5, 5.41) is 6.35. The van der Waals surface area contributed by atoms with Crippen LogP contribution in [0.25, 0.3) is 0 Å². The van der Waals surface area contributed by atoms with Gasteiger partial charge in [-0.1, -0.05) is 50.8 Å². The molecule has 0 saturated carbocycles. The number of amidine groups is 1. The lowest BCUT2D eigenvalue weighted by atomic mass is 10.1. The van der Waals surface area contributed by atoms with Gasteiger partial charge in [0.1, 0.15) is 11.7 Å². The van der Waals surface area contributed by atoms with Crippen LogP contribution in [-0.2, 0) is 0 Å². The molecule has 162 valence electrons. The molecule has 0 spiro atoms. The Morgan fingerprint density at radius 2 is 1.77 bits per heavy atom. The Kier molecular flexibility index (Phi) is 12.3. The molecule has 5 nitrogen and oxygen atoms in total. The first-order valence-electron chi connectivity index (χ1n) is 9.91. The summed E-state index contributed by atoms with van der Waals surface area (Å²) in [7, 11) is 3.51. The number of likely N-dealkylation sites (N-methyl/N-ethyl adjacent to an activating group) is 1. The van der Waals surface area contributed by atoms with E-state index in [2.05, 4.69) is 60.9 Å².